The van der Waals surface area contributed by atoms with Crippen LogP contribution in [0.25, 0.3) is 5.69 Å². The molecule has 0 atom stereocenters. The minimum Gasteiger partial charge on any atom is -0.497 e. The molecule has 1 heterocycles. The topological polar surface area (TPSA) is 64.4 Å². The van der Waals surface area contributed by atoms with Crippen molar-refractivity contribution in [1.29, 1.82) is 0 Å². The van der Waals surface area contributed by atoms with Gasteiger partial charge in [0.25, 0.3) is 0 Å². The van der Waals surface area contributed by atoms with E-state index in [0.717, 1.165) is 0 Å². The minimum atomic E-state index is -1.07. The second-order valence-electron chi connectivity index (χ2n) is 3.88. The predicted octanol–water partition coefficient (Wildman–Crippen LogP) is 2.79. The zero-order valence-electron chi connectivity index (χ0n) is 10.6. The number of methoxy groups -OCH3 is 1. The molecule has 0 unspecified atom stereocenters. The van der Waals surface area contributed by atoms with Crippen LogP contribution in [-0.4, -0.2) is 28.0 Å². The van der Waals surface area contributed by atoms with Crippen LogP contribution in [-0.2, 0) is 6.42 Å². The van der Waals surface area contributed by atoms with E-state index in [2.05, 4.69) is 5.10 Å². The molecule has 6 heteroatoms. The number of rotatable bonds is 4. The Morgan fingerprint density at radius 2 is 2.26 bits per heavy atom. The summed E-state index contributed by atoms with van der Waals surface area (Å²) < 4.78 is 6.54. The number of carboxylic acids is 1. The summed E-state index contributed by atoms with van der Waals surface area (Å²) in [7, 11) is 1.56. The number of hydrogen-bond donors (Lipinski definition) is 1. The molecule has 0 aliphatic heterocycles. The number of halogens is 1. The highest BCUT2D eigenvalue weighted by Gasteiger charge is 2.21. The summed E-state index contributed by atoms with van der Waals surface area (Å²) in [5.41, 5.74) is 1.17. The number of aryl methyl sites for hydroxylation is 1. The van der Waals surface area contributed by atoms with Crippen LogP contribution in [0.1, 0.15) is 23.0 Å². The number of nitrogens with zero attached hydrogens (tertiary/aromatic N) is 2. The van der Waals surface area contributed by atoms with Gasteiger partial charge in [-0.05, 0) is 18.6 Å². The molecule has 0 bridgehead atoms. The van der Waals surface area contributed by atoms with Crippen molar-refractivity contribution in [1.82, 2.24) is 9.78 Å². The van der Waals surface area contributed by atoms with Gasteiger partial charge in [0.1, 0.15) is 16.5 Å². The molecule has 0 spiro atoms. The molecule has 0 aliphatic rings. The Morgan fingerprint density at radius 3 is 2.79 bits per heavy atom. The van der Waals surface area contributed by atoms with E-state index in [1.54, 1.807) is 31.4 Å². The van der Waals surface area contributed by atoms with E-state index in [-0.39, 0.29) is 10.7 Å². The van der Waals surface area contributed by atoms with Crippen molar-refractivity contribution >= 4 is 17.6 Å². The van der Waals surface area contributed by atoms with Crippen molar-refractivity contribution in [3.63, 3.8) is 0 Å². The lowest BCUT2D eigenvalue weighted by Gasteiger charge is -2.05. The summed E-state index contributed by atoms with van der Waals surface area (Å²) in [6.45, 7) is 1.83. The van der Waals surface area contributed by atoms with Gasteiger partial charge in [0, 0.05) is 6.07 Å². The first-order chi connectivity index (χ1) is 9.08. The molecule has 1 N–H and O–H groups in total. The summed E-state index contributed by atoms with van der Waals surface area (Å²) in [5.74, 6) is -0.421. The molecule has 19 heavy (non-hydrogen) atoms. The highest BCUT2D eigenvalue weighted by atomic mass is 35.5. The van der Waals surface area contributed by atoms with Crippen LogP contribution < -0.4 is 4.74 Å². The van der Waals surface area contributed by atoms with Crippen molar-refractivity contribution in [3.8, 4) is 11.4 Å². The van der Waals surface area contributed by atoms with Crippen molar-refractivity contribution in [3.05, 3.63) is 40.7 Å². The van der Waals surface area contributed by atoms with Gasteiger partial charge in [-0.2, -0.15) is 5.10 Å². The smallest absolute Gasteiger partial charge is 0.340 e. The predicted molar refractivity (Wildman–Crippen MR) is 71.5 cm³/mol. The molecule has 0 aliphatic carbocycles. The fourth-order valence-corrected chi connectivity index (χ4v) is 2.14. The molecule has 5 nitrogen and oxygen atoms in total. The summed E-state index contributed by atoms with van der Waals surface area (Å²) >= 11 is 6.11. The number of benzene rings is 1. The Hall–Kier alpha value is -2.01. The van der Waals surface area contributed by atoms with Crippen LogP contribution in [0.5, 0.6) is 5.75 Å². The summed E-state index contributed by atoms with van der Waals surface area (Å²) in [4.78, 5) is 11.2. The largest absolute Gasteiger partial charge is 0.497 e. The number of aromatic nitrogens is 2. The molecule has 100 valence electrons. The van der Waals surface area contributed by atoms with Crippen molar-refractivity contribution in [2.75, 3.05) is 7.11 Å². The lowest BCUT2D eigenvalue weighted by Crippen LogP contribution is -2.00. The van der Waals surface area contributed by atoms with E-state index in [1.807, 2.05) is 6.92 Å². The van der Waals surface area contributed by atoms with Gasteiger partial charge < -0.3 is 9.84 Å². The van der Waals surface area contributed by atoms with Crippen molar-refractivity contribution in [2.24, 2.45) is 0 Å². The van der Waals surface area contributed by atoms with Crippen molar-refractivity contribution in [2.45, 2.75) is 13.3 Å². The van der Waals surface area contributed by atoms with Gasteiger partial charge >= 0.3 is 5.97 Å². The summed E-state index contributed by atoms with van der Waals surface area (Å²) in [6, 6.07) is 7.11. The lowest BCUT2D eigenvalue weighted by atomic mass is 10.2. The normalized spacial score (nSPS) is 10.5. The van der Waals surface area contributed by atoms with Crippen LogP contribution in [0.3, 0.4) is 0 Å². The summed E-state index contributed by atoms with van der Waals surface area (Å²) in [6.07, 6.45) is 0.498. The summed E-state index contributed by atoms with van der Waals surface area (Å²) in [5, 5.41) is 13.5. The first kappa shape index (κ1) is 13.4. The number of ether oxygens (including phenoxy) is 1. The third kappa shape index (κ3) is 2.42. The highest BCUT2D eigenvalue weighted by molar-refractivity contribution is 6.32. The van der Waals surface area contributed by atoms with E-state index in [1.165, 1.54) is 4.68 Å². The molecule has 1 aromatic heterocycles. The zero-order chi connectivity index (χ0) is 14.0. The second kappa shape index (κ2) is 5.32. The molecule has 0 saturated carbocycles. The molecule has 0 radical (unpaired) electrons. The van der Waals surface area contributed by atoms with Gasteiger partial charge in [-0.1, -0.05) is 24.6 Å². The van der Waals surface area contributed by atoms with E-state index in [0.29, 0.717) is 23.6 Å². The van der Waals surface area contributed by atoms with Crippen LogP contribution in [0.4, 0.5) is 0 Å². The second-order valence-corrected chi connectivity index (χ2v) is 4.24. The Morgan fingerprint density at radius 1 is 1.53 bits per heavy atom. The molecular formula is C13H13ClN2O3. The van der Waals surface area contributed by atoms with Crippen LogP contribution >= 0.6 is 11.6 Å². The van der Waals surface area contributed by atoms with Gasteiger partial charge in [0.05, 0.1) is 18.5 Å². The third-order valence-corrected chi connectivity index (χ3v) is 3.10. The average Bonchev–Trinajstić information content (AvgIpc) is 2.75. The van der Waals surface area contributed by atoms with Crippen LogP contribution in [0.15, 0.2) is 24.3 Å². The lowest BCUT2D eigenvalue weighted by molar-refractivity contribution is 0.0696. The quantitative estimate of drug-likeness (QED) is 0.935. The van der Waals surface area contributed by atoms with Gasteiger partial charge in [0.15, 0.2) is 0 Å². The molecule has 0 saturated heterocycles. The Labute approximate surface area is 115 Å². The van der Waals surface area contributed by atoms with E-state index < -0.39 is 5.97 Å². The Bertz CT molecular complexity index is 622. The molecule has 2 rings (SSSR count). The molecular weight excluding hydrogens is 268 g/mol. The first-order valence-electron chi connectivity index (χ1n) is 5.73. The maximum atomic E-state index is 11.2. The minimum absolute atomic E-state index is 0.0481. The SMILES string of the molecule is CCc1nn(-c2cccc(OC)c2)c(Cl)c1C(=O)O. The van der Waals surface area contributed by atoms with Crippen molar-refractivity contribution < 1.29 is 14.6 Å². The van der Waals surface area contributed by atoms with E-state index in [4.69, 9.17) is 16.3 Å². The van der Waals surface area contributed by atoms with Crippen LogP contribution in [0.2, 0.25) is 5.15 Å². The number of aromatic carboxylic acids is 1. The van der Waals surface area contributed by atoms with E-state index >= 15 is 0 Å². The Kier molecular flexibility index (Phi) is 3.76. The van der Waals surface area contributed by atoms with Gasteiger partial charge in [-0.15, -0.1) is 0 Å². The fourth-order valence-electron chi connectivity index (χ4n) is 1.81. The van der Waals surface area contributed by atoms with Crippen LogP contribution in [0, 0.1) is 0 Å². The Balaban J connectivity index is 2.59. The molecule has 0 fully saturated rings. The third-order valence-electron chi connectivity index (χ3n) is 2.75. The zero-order valence-corrected chi connectivity index (χ0v) is 11.3. The first-order valence-corrected chi connectivity index (χ1v) is 6.11. The molecule has 2 aromatic rings. The maximum absolute atomic E-state index is 11.2. The standard InChI is InChI=1S/C13H13ClN2O3/c1-3-10-11(13(17)18)12(14)16(15-10)8-5-4-6-9(7-8)19-2/h4-7H,3H2,1-2H3,(H,17,18). The number of carboxylic acid groups (broad SMARTS) is 1. The average molecular weight is 281 g/mol. The number of hydrogen-bond acceptors (Lipinski definition) is 3. The van der Waals surface area contributed by atoms with Gasteiger partial charge in [0.2, 0.25) is 0 Å². The monoisotopic (exact) mass is 280 g/mol. The maximum Gasteiger partial charge on any atom is 0.340 e. The molecule has 0 amide bonds. The highest BCUT2D eigenvalue weighted by Crippen LogP contribution is 2.26. The molecule has 1 aromatic carbocycles. The fraction of sp³-hybridized carbons (Fsp3) is 0.231. The van der Waals surface area contributed by atoms with Gasteiger partial charge in [-0.3, -0.25) is 0 Å². The van der Waals surface area contributed by atoms with Gasteiger partial charge in [-0.25, -0.2) is 9.48 Å². The number of carbonyl (C=O) groups is 1. The van der Waals surface area contributed by atoms with E-state index in [9.17, 15) is 9.90 Å².